The Morgan fingerprint density at radius 2 is 1.27 bits per heavy atom. The first kappa shape index (κ1) is 43.7. The molecule has 0 bridgehead atoms. The van der Waals surface area contributed by atoms with E-state index in [1.54, 1.807) is 7.05 Å². The van der Waals surface area contributed by atoms with Gasteiger partial charge in [-0.2, -0.15) is 0 Å². The van der Waals surface area contributed by atoms with Gasteiger partial charge in [0.15, 0.2) is 0 Å². The monoisotopic (exact) mass is 813 g/mol. The first-order valence-corrected chi connectivity index (χ1v) is 21.3. The van der Waals surface area contributed by atoms with Crippen LogP contribution >= 0.6 is 0 Å². The number of piperidine rings is 1. The van der Waals surface area contributed by atoms with Gasteiger partial charge in [0.25, 0.3) is 0 Å². The van der Waals surface area contributed by atoms with Crippen molar-refractivity contribution < 1.29 is 24.0 Å². The number of primary amides is 1. The van der Waals surface area contributed by atoms with E-state index in [2.05, 4.69) is 21.3 Å². The Balaban J connectivity index is 1.31. The Morgan fingerprint density at radius 3 is 1.85 bits per heavy atom. The number of fused-ring (bicyclic) bond motifs is 2. The molecule has 0 radical (unpaired) electrons. The lowest BCUT2D eigenvalue weighted by Crippen LogP contribution is -2.59. The number of unbranched alkanes of at least 4 members (excludes halogenated alkanes) is 1. The summed E-state index contributed by atoms with van der Waals surface area (Å²) < 4.78 is 0. The highest BCUT2D eigenvalue weighted by molar-refractivity contribution is 5.96. The zero-order chi connectivity index (χ0) is 42.4. The second-order valence-corrected chi connectivity index (χ2v) is 16.1. The third kappa shape index (κ3) is 11.9. The fourth-order valence-electron chi connectivity index (χ4n) is 8.17. The highest BCUT2D eigenvalue weighted by Gasteiger charge is 2.35. The van der Waals surface area contributed by atoms with Gasteiger partial charge in [-0.15, -0.1) is 0 Å². The molecule has 4 aromatic rings. The fourth-order valence-corrected chi connectivity index (χ4v) is 8.17. The molecule has 4 aromatic carbocycles. The minimum Gasteiger partial charge on any atom is -0.368 e. The van der Waals surface area contributed by atoms with Crippen molar-refractivity contribution in [3.63, 3.8) is 0 Å². The van der Waals surface area contributed by atoms with Crippen LogP contribution in [0.2, 0.25) is 0 Å². The minimum atomic E-state index is -1.14. The van der Waals surface area contributed by atoms with Gasteiger partial charge in [-0.05, 0) is 103 Å². The number of rotatable bonds is 19. The second-order valence-electron chi connectivity index (χ2n) is 16.1. The molecule has 2 aliphatic rings. The number of carbonyl (C=O) groups is 5. The summed E-state index contributed by atoms with van der Waals surface area (Å²) in [7, 11) is 1.67. The first-order chi connectivity index (χ1) is 29.1. The molecule has 1 aliphatic carbocycles. The summed E-state index contributed by atoms with van der Waals surface area (Å²) in [5.41, 5.74) is 13.9. The Kier molecular flexibility index (Phi) is 15.6. The van der Waals surface area contributed by atoms with Crippen molar-refractivity contribution in [2.75, 3.05) is 26.7 Å². The summed E-state index contributed by atoms with van der Waals surface area (Å²) in [5, 5.41) is 16.2. The normalized spacial score (nSPS) is 16.3. The van der Waals surface area contributed by atoms with Gasteiger partial charge >= 0.3 is 0 Å². The lowest BCUT2D eigenvalue weighted by Gasteiger charge is -2.33. The number of carbonyl (C=O) groups excluding carboxylic acids is 5. The summed E-state index contributed by atoms with van der Waals surface area (Å²) >= 11 is 0. The second kappa shape index (κ2) is 21.4. The molecule has 1 fully saturated rings. The summed E-state index contributed by atoms with van der Waals surface area (Å²) in [4.78, 5) is 71.5. The molecule has 1 aliphatic heterocycles. The molecule has 12 nitrogen and oxygen atoms in total. The Morgan fingerprint density at radius 1 is 0.700 bits per heavy atom. The van der Waals surface area contributed by atoms with E-state index in [-0.39, 0.29) is 31.1 Å². The maximum absolute atomic E-state index is 14.8. The van der Waals surface area contributed by atoms with E-state index in [1.807, 2.05) is 103 Å². The Labute approximate surface area is 352 Å². The van der Waals surface area contributed by atoms with E-state index in [0.717, 1.165) is 64.2 Å². The highest BCUT2D eigenvalue weighted by Crippen LogP contribution is 2.23. The van der Waals surface area contributed by atoms with Crippen LogP contribution in [0.3, 0.4) is 0 Å². The zero-order valence-electron chi connectivity index (χ0n) is 34.5. The van der Waals surface area contributed by atoms with Crippen LogP contribution < -0.4 is 32.7 Å². The predicted octanol–water partition coefficient (Wildman–Crippen LogP) is 4.34. The van der Waals surface area contributed by atoms with Crippen LogP contribution in [-0.2, 0) is 36.8 Å². The minimum absolute atomic E-state index is 0.108. The number of likely N-dealkylation sites (N-methyl/N-ethyl adjacent to an activating group) is 1. The maximum atomic E-state index is 14.8. The van der Waals surface area contributed by atoms with Crippen LogP contribution in [0, 0.1) is 5.92 Å². The number of nitrogens with one attached hydrogen (secondary N) is 4. The van der Waals surface area contributed by atoms with E-state index in [9.17, 15) is 24.0 Å². The molecule has 2 unspecified atom stereocenters. The molecule has 6 rings (SSSR count). The molecule has 12 heteroatoms. The van der Waals surface area contributed by atoms with Crippen molar-refractivity contribution in [2.24, 2.45) is 17.4 Å². The van der Waals surface area contributed by atoms with Gasteiger partial charge in [-0.25, -0.2) is 0 Å². The molecule has 0 aromatic heterocycles. The lowest BCUT2D eigenvalue weighted by molar-refractivity contribution is -0.143. The summed E-state index contributed by atoms with van der Waals surface area (Å²) in [5.74, 6) is -2.65. The van der Waals surface area contributed by atoms with Gasteiger partial charge in [0, 0.05) is 32.2 Å². The number of amides is 5. The first-order valence-electron chi connectivity index (χ1n) is 21.3. The molecule has 0 saturated carbocycles. The largest absolute Gasteiger partial charge is 0.368 e. The van der Waals surface area contributed by atoms with Crippen LogP contribution in [0.25, 0.3) is 21.5 Å². The van der Waals surface area contributed by atoms with Crippen LogP contribution in [0.15, 0.2) is 109 Å². The maximum Gasteiger partial charge on any atom is 0.243 e. The summed E-state index contributed by atoms with van der Waals surface area (Å²) in [6.45, 7) is 1.87. The zero-order valence-corrected chi connectivity index (χ0v) is 34.5. The Hall–Kier alpha value is -5.85. The van der Waals surface area contributed by atoms with E-state index in [0.29, 0.717) is 38.6 Å². The van der Waals surface area contributed by atoms with Crippen molar-refractivity contribution in [1.82, 2.24) is 26.2 Å². The van der Waals surface area contributed by atoms with Crippen molar-refractivity contribution in [3.05, 3.63) is 120 Å². The Bertz CT molecular complexity index is 2210. The van der Waals surface area contributed by atoms with Crippen molar-refractivity contribution in [3.8, 4) is 0 Å². The molecule has 4 atom stereocenters. The molecular weight excluding hydrogens is 755 g/mol. The lowest BCUT2D eigenvalue weighted by atomic mass is 9.94. The van der Waals surface area contributed by atoms with Crippen molar-refractivity contribution in [2.45, 2.75) is 88.4 Å². The molecule has 5 amide bonds. The average molecular weight is 814 g/mol. The molecule has 60 heavy (non-hydrogen) atoms. The molecule has 0 spiro atoms. The number of nitrogens with zero attached hydrogens (tertiary/aromatic N) is 1. The standard InChI is InChI=1S/C48H59N7O5/c1-55(48(60)37-22-25-51-26-23-37)43(31-34-19-21-36-14-6-8-16-39(36)28-34)47(59)54-42(30-33-18-20-35-13-5-7-15-38(35)27-33)46(58)53-41(29-32-11-3-2-4-12-32)45(57)52-40(44(50)56)17-9-10-24-49/h3,5-8,11-16,18-21,27-28,37,40-43,51H,2,4,9-10,17,22-26,29-31,49H2,1H3,(H2,50,56)(H,52,57)(H,53,58)(H,54,59)/t40-,41?,42?,43+/m0/s1. The van der Waals surface area contributed by atoms with Gasteiger partial charge in [-0.1, -0.05) is 103 Å². The van der Waals surface area contributed by atoms with Gasteiger partial charge in [0.1, 0.15) is 24.2 Å². The van der Waals surface area contributed by atoms with Crippen molar-refractivity contribution >= 4 is 51.1 Å². The molecular formula is C48H59N7O5. The number of benzene rings is 4. The van der Waals surface area contributed by atoms with Crippen LogP contribution in [0.1, 0.15) is 62.5 Å². The molecule has 1 heterocycles. The highest BCUT2D eigenvalue weighted by atomic mass is 16.2. The average Bonchev–Trinajstić information content (AvgIpc) is 3.27. The SMILES string of the molecule is CN(C(=O)C1CCNCC1)[C@H](Cc1ccc2ccccc2c1)C(=O)NC(Cc1ccc2ccccc2c1)C(=O)NC(CC1=CCCC=C1)C(=O)N[C@@H](CCCCN)C(N)=O. The number of nitrogens with two attached hydrogens (primary N) is 2. The number of allylic oxidation sites excluding steroid dienone is 3. The van der Waals surface area contributed by atoms with Gasteiger partial charge in [-0.3, -0.25) is 24.0 Å². The van der Waals surface area contributed by atoms with Crippen LogP contribution in [-0.4, -0.2) is 85.3 Å². The predicted molar refractivity (Wildman–Crippen MR) is 236 cm³/mol. The van der Waals surface area contributed by atoms with Crippen LogP contribution in [0.4, 0.5) is 0 Å². The molecule has 1 saturated heterocycles. The van der Waals surface area contributed by atoms with E-state index in [4.69, 9.17) is 11.5 Å². The third-order valence-electron chi connectivity index (χ3n) is 11.7. The quantitative estimate of drug-likeness (QED) is 0.0760. The smallest absolute Gasteiger partial charge is 0.243 e. The topological polar surface area (TPSA) is 189 Å². The van der Waals surface area contributed by atoms with Crippen molar-refractivity contribution in [1.29, 1.82) is 0 Å². The molecule has 316 valence electrons. The fraction of sp³-hybridized carbons (Fsp3) is 0.396. The molecule has 8 N–H and O–H groups in total. The third-order valence-corrected chi connectivity index (χ3v) is 11.7. The van der Waals surface area contributed by atoms with Gasteiger partial charge in [0.2, 0.25) is 29.5 Å². The van der Waals surface area contributed by atoms with E-state index < -0.39 is 47.8 Å². The van der Waals surface area contributed by atoms with Gasteiger partial charge < -0.3 is 37.6 Å². The van der Waals surface area contributed by atoms with Gasteiger partial charge in [0.05, 0.1) is 0 Å². The number of hydrogen-bond donors (Lipinski definition) is 6. The van der Waals surface area contributed by atoms with E-state index >= 15 is 0 Å². The summed E-state index contributed by atoms with van der Waals surface area (Å²) in [6.07, 6.45) is 11.0. The number of hydrogen-bond acceptors (Lipinski definition) is 7. The van der Waals surface area contributed by atoms with Crippen LogP contribution in [0.5, 0.6) is 0 Å². The summed E-state index contributed by atoms with van der Waals surface area (Å²) in [6, 6.07) is 23.6. The van der Waals surface area contributed by atoms with E-state index in [1.165, 1.54) is 4.90 Å².